The molecule has 0 aliphatic carbocycles. The molecule has 6 heteroatoms. The number of likely N-dealkylation sites (tertiary alicyclic amines) is 1. The lowest BCUT2D eigenvalue weighted by Gasteiger charge is -2.37. The van der Waals surface area contributed by atoms with Crippen LogP contribution < -0.4 is 5.32 Å². The molecule has 2 fully saturated rings. The molecule has 1 aromatic rings. The molecule has 2 amide bonds. The van der Waals surface area contributed by atoms with Gasteiger partial charge >= 0.3 is 6.09 Å². The molecule has 0 atom stereocenters. The molecule has 2 aliphatic rings. The number of nitrogens with zero attached hydrogens (tertiary/aromatic N) is 2. The summed E-state index contributed by atoms with van der Waals surface area (Å²) in [5, 5.41) is 2.89. The van der Waals surface area contributed by atoms with Crippen molar-refractivity contribution >= 4 is 12.0 Å². The van der Waals surface area contributed by atoms with Crippen LogP contribution in [0.2, 0.25) is 0 Å². The van der Waals surface area contributed by atoms with E-state index in [0.29, 0.717) is 25.3 Å². The molecule has 124 valence electrons. The number of hydrogen-bond acceptors (Lipinski definition) is 4. The number of carbonyl (C=O) groups excluding carboxylic acids is 2. The molecular weight excluding hydrogens is 294 g/mol. The van der Waals surface area contributed by atoms with Crippen molar-refractivity contribution in [3.8, 4) is 0 Å². The number of piperidine rings is 1. The Morgan fingerprint density at radius 3 is 2.61 bits per heavy atom. The maximum absolute atomic E-state index is 12.9. The van der Waals surface area contributed by atoms with Crippen LogP contribution in [0.4, 0.5) is 4.79 Å². The normalized spacial score (nSPS) is 19.8. The van der Waals surface area contributed by atoms with Crippen LogP contribution in [0, 0.1) is 6.92 Å². The van der Waals surface area contributed by atoms with E-state index in [9.17, 15) is 9.59 Å². The SMILES string of the molecule is Cc1ccc(C(=O)N2CCC3(CC2)COC(=O)N3)c(C(C)C)n1. The van der Waals surface area contributed by atoms with Gasteiger partial charge in [-0.25, -0.2) is 4.79 Å². The fourth-order valence-corrected chi connectivity index (χ4v) is 3.27. The molecular formula is C17H23N3O3. The lowest BCUT2D eigenvalue weighted by molar-refractivity contribution is 0.0641. The van der Waals surface area contributed by atoms with Gasteiger partial charge in [0.05, 0.1) is 16.8 Å². The van der Waals surface area contributed by atoms with Gasteiger partial charge in [-0.05, 0) is 37.8 Å². The first-order valence-electron chi connectivity index (χ1n) is 8.12. The Morgan fingerprint density at radius 1 is 1.35 bits per heavy atom. The van der Waals surface area contributed by atoms with E-state index in [1.54, 1.807) is 0 Å². The first-order valence-corrected chi connectivity index (χ1v) is 8.12. The van der Waals surface area contributed by atoms with Crippen LogP contribution in [0.3, 0.4) is 0 Å². The zero-order chi connectivity index (χ0) is 16.6. The highest BCUT2D eigenvalue weighted by Crippen LogP contribution is 2.28. The van der Waals surface area contributed by atoms with Crippen molar-refractivity contribution in [2.75, 3.05) is 19.7 Å². The quantitative estimate of drug-likeness (QED) is 0.908. The maximum atomic E-state index is 12.9. The average molecular weight is 317 g/mol. The van der Waals surface area contributed by atoms with Gasteiger partial charge in [0.15, 0.2) is 0 Å². The third-order valence-corrected chi connectivity index (χ3v) is 4.70. The van der Waals surface area contributed by atoms with E-state index in [-0.39, 0.29) is 23.5 Å². The van der Waals surface area contributed by atoms with Crippen LogP contribution in [0.15, 0.2) is 12.1 Å². The summed E-state index contributed by atoms with van der Waals surface area (Å²) in [5.41, 5.74) is 2.18. The monoisotopic (exact) mass is 317 g/mol. The van der Waals surface area contributed by atoms with E-state index in [0.717, 1.165) is 24.2 Å². The minimum atomic E-state index is -0.352. The van der Waals surface area contributed by atoms with Crippen molar-refractivity contribution in [3.05, 3.63) is 29.1 Å². The fourth-order valence-electron chi connectivity index (χ4n) is 3.27. The second kappa shape index (κ2) is 5.83. The van der Waals surface area contributed by atoms with Crippen molar-refractivity contribution < 1.29 is 14.3 Å². The Kier molecular flexibility index (Phi) is 4.00. The highest BCUT2D eigenvalue weighted by atomic mass is 16.6. The number of alkyl carbamates (subject to hydrolysis) is 1. The topological polar surface area (TPSA) is 71.5 Å². The number of cyclic esters (lactones) is 1. The van der Waals surface area contributed by atoms with Gasteiger partial charge in [-0.15, -0.1) is 0 Å². The van der Waals surface area contributed by atoms with E-state index in [1.165, 1.54) is 0 Å². The molecule has 0 unspecified atom stereocenters. The van der Waals surface area contributed by atoms with Gasteiger partial charge in [-0.2, -0.15) is 0 Å². The van der Waals surface area contributed by atoms with Crippen LogP contribution in [-0.2, 0) is 4.74 Å². The largest absolute Gasteiger partial charge is 0.447 e. The zero-order valence-corrected chi connectivity index (χ0v) is 13.9. The summed E-state index contributed by atoms with van der Waals surface area (Å²) >= 11 is 0. The minimum absolute atomic E-state index is 0.0290. The summed E-state index contributed by atoms with van der Waals surface area (Å²) < 4.78 is 5.03. The van der Waals surface area contributed by atoms with E-state index >= 15 is 0 Å². The van der Waals surface area contributed by atoms with Gasteiger partial charge in [0.1, 0.15) is 6.61 Å². The summed E-state index contributed by atoms with van der Waals surface area (Å²) in [6.45, 7) is 7.68. The number of rotatable bonds is 2. The van der Waals surface area contributed by atoms with Crippen LogP contribution in [-0.4, -0.2) is 47.1 Å². The molecule has 3 rings (SSSR count). The molecule has 2 saturated heterocycles. The van der Waals surface area contributed by atoms with Crippen molar-refractivity contribution in [2.45, 2.75) is 45.1 Å². The van der Waals surface area contributed by atoms with Gasteiger partial charge in [0.2, 0.25) is 0 Å². The standard InChI is InChI=1S/C17H23N3O3/c1-11(2)14-13(5-4-12(3)18-14)15(21)20-8-6-17(7-9-20)10-23-16(22)19-17/h4-5,11H,6-10H2,1-3H3,(H,19,22). The number of amides is 2. The van der Waals surface area contributed by atoms with Crippen LogP contribution >= 0.6 is 0 Å². The van der Waals surface area contributed by atoms with Crippen LogP contribution in [0.25, 0.3) is 0 Å². The third kappa shape index (κ3) is 3.02. The van der Waals surface area contributed by atoms with Gasteiger partial charge in [0.25, 0.3) is 5.91 Å². The number of hydrogen-bond donors (Lipinski definition) is 1. The molecule has 0 saturated carbocycles. The molecule has 3 heterocycles. The second-order valence-corrected chi connectivity index (χ2v) is 6.81. The predicted molar refractivity (Wildman–Crippen MR) is 85.4 cm³/mol. The first kappa shape index (κ1) is 15.8. The molecule has 0 radical (unpaired) electrons. The lowest BCUT2D eigenvalue weighted by Crippen LogP contribution is -2.53. The van der Waals surface area contributed by atoms with E-state index in [2.05, 4.69) is 24.1 Å². The Hall–Kier alpha value is -2.11. The Labute approximate surface area is 136 Å². The van der Waals surface area contributed by atoms with Crippen molar-refractivity contribution in [1.29, 1.82) is 0 Å². The summed E-state index contributed by atoms with van der Waals surface area (Å²) in [6.07, 6.45) is 1.09. The maximum Gasteiger partial charge on any atom is 0.407 e. The molecule has 1 aromatic heterocycles. The van der Waals surface area contributed by atoms with Crippen molar-refractivity contribution in [3.63, 3.8) is 0 Å². The number of carbonyl (C=O) groups is 2. The molecule has 2 aliphatic heterocycles. The number of aromatic nitrogens is 1. The summed E-state index contributed by atoms with van der Waals surface area (Å²) in [6, 6.07) is 3.76. The Morgan fingerprint density at radius 2 is 2.04 bits per heavy atom. The molecule has 1 spiro atoms. The van der Waals surface area contributed by atoms with E-state index < -0.39 is 0 Å². The van der Waals surface area contributed by atoms with Crippen LogP contribution in [0.1, 0.15) is 54.4 Å². The van der Waals surface area contributed by atoms with E-state index in [4.69, 9.17) is 4.74 Å². The molecule has 0 aromatic carbocycles. The highest BCUT2D eigenvalue weighted by Gasteiger charge is 2.43. The molecule has 0 bridgehead atoms. The predicted octanol–water partition coefficient (Wildman–Crippen LogP) is 2.23. The zero-order valence-electron chi connectivity index (χ0n) is 13.9. The molecule has 23 heavy (non-hydrogen) atoms. The summed E-state index contributed by atoms with van der Waals surface area (Å²) in [4.78, 5) is 30.6. The van der Waals surface area contributed by atoms with Crippen molar-refractivity contribution in [2.24, 2.45) is 0 Å². The summed E-state index contributed by atoms with van der Waals surface area (Å²) in [5.74, 6) is 0.230. The van der Waals surface area contributed by atoms with Gasteiger partial charge < -0.3 is 15.0 Å². The first-order chi connectivity index (χ1) is 10.9. The number of aryl methyl sites for hydroxylation is 1. The Bertz CT molecular complexity index is 634. The van der Waals surface area contributed by atoms with Gasteiger partial charge in [-0.1, -0.05) is 13.8 Å². The third-order valence-electron chi connectivity index (χ3n) is 4.70. The van der Waals surface area contributed by atoms with E-state index in [1.807, 2.05) is 24.0 Å². The minimum Gasteiger partial charge on any atom is -0.447 e. The van der Waals surface area contributed by atoms with Crippen LogP contribution in [0.5, 0.6) is 0 Å². The second-order valence-electron chi connectivity index (χ2n) is 6.81. The lowest BCUT2D eigenvalue weighted by atomic mass is 9.88. The molecule has 1 N–H and O–H groups in total. The number of pyridine rings is 1. The number of nitrogens with one attached hydrogen (secondary N) is 1. The average Bonchev–Trinajstić information content (AvgIpc) is 2.88. The van der Waals surface area contributed by atoms with Gasteiger partial charge in [0, 0.05) is 18.8 Å². The smallest absolute Gasteiger partial charge is 0.407 e. The highest BCUT2D eigenvalue weighted by molar-refractivity contribution is 5.95. The summed E-state index contributed by atoms with van der Waals surface area (Å²) in [7, 11) is 0. The van der Waals surface area contributed by atoms with Crippen molar-refractivity contribution in [1.82, 2.24) is 15.2 Å². The fraction of sp³-hybridized carbons (Fsp3) is 0.588. The van der Waals surface area contributed by atoms with Gasteiger partial charge in [-0.3, -0.25) is 9.78 Å². The molecule has 6 nitrogen and oxygen atoms in total. The number of ether oxygens (including phenoxy) is 1. The Balaban J connectivity index is 1.74.